The molecule has 0 aliphatic heterocycles. The second-order valence-electron chi connectivity index (χ2n) is 9.71. The summed E-state index contributed by atoms with van der Waals surface area (Å²) in [5.41, 5.74) is 3.57. The summed E-state index contributed by atoms with van der Waals surface area (Å²) >= 11 is 0. The van der Waals surface area contributed by atoms with E-state index in [1.54, 1.807) is 19.9 Å². The number of aliphatic hydroxyl groups is 1. The van der Waals surface area contributed by atoms with Crippen LogP contribution in [0.5, 0.6) is 5.75 Å². The van der Waals surface area contributed by atoms with Gasteiger partial charge in [0.2, 0.25) is 5.91 Å². The van der Waals surface area contributed by atoms with Gasteiger partial charge in [0.1, 0.15) is 5.75 Å². The summed E-state index contributed by atoms with van der Waals surface area (Å²) in [6.45, 7) is 3.19. The SMILES string of the molecule is CC#Cc1cc(C#CC)c2c(c1O)C(=O)C1C(=O)C3(O)C(=O)C(C(N)=O)C(=O)C(N(C)C)C3CC1C2. The summed E-state index contributed by atoms with van der Waals surface area (Å²) in [6, 6.07) is 0.445. The molecule has 2 saturated carbocycles. The van der Waals surface area contributed by atoms with Crippen LogP contribution in [0.3, 0.4) is 0 Å². The fourth-order valence-corrected chi connectivity index (χ4v) is 6.15. The Balaban J connectivity index is 1.93. The minimum Gasteiger partial charge on any atom is -0.506 e. The van der Waals surface area contributed by atoms with Gasteiger partial charge in [-0.3, -0.25) is 28.9 Å². The van der Waals surface area contributed by atoms with Crippen LogP contribution in [0.1, 0.15) is 47.3 Å². The van der Waals surface area contributed by atoms with E-state index in [1.165, 1.54) is 19.0 Å². The Bertz CT molecular complexity index is 1370. The lowest BCUT2D eigenvalue weighted by Crippen LogP contribution is -2.74. The van der Waals surface area contributed by atoms with E-state index in [0.717, 1.165) is 0 Å². The fraction of sp³-hybridized carbons (Fsp3) is 0.444. The Morgan fingerprint density at radius 1 is 1.08 bits per heavy atom. The number of carbonyl (C=O) groups excluding carboxylic acids is 5. The number of benzene rings is 1. The Morgan fingerprint density at radius 2 is 1.69 bits per heavy atom. The molecule has 2 fully saturated rings. The molecule has 1 amide bonds. The number of aromatic hydroxyl groups is 1. The number of amides is 1. The minimum absolute atomic E-state index is 0.0137. The number of nitrogens with zero attached hydrogens (tertiary/aromatic N) is 1. The molecule has 3 aliphatic rings. The third kappa shape index (κ3) is 3.31. The summed E-state index contributed by atoms with van der Waals surface area (Å²) in [7, 11) is 3.08. The minimum atomic E-state index is -2.75. The van der Waals surface area contributed by atoms with E-state index >= 15 is 0 Å². The van der Waals surface area contributed by atoms with E-state index in [9.17, 15) is 34.2 Å². The molecule has 0 spiro atoms. The maximum Gasteiger partial charge on any atom is 0.235 e. The van der Waals surface area contributed by atoms with Gasteiger partial charge in [0.15, 0.2) is 34.7 Å². The molecule has 9 nitrogen and oxygen atoms in total. The van der Waals surface area contributed by atoms with Crippen molar-refractivity contribution < 1.29 is 34.2 Å². The average Bonchev–Trinajstić information content (AvgIpc) is 2.79. The van der Waals surface area contributed by atoms with Crippen molar-refractivity contribution in [2.45, 2.75) is 38.3 Å². The van der Waals surface area contributed by atoms with Crippen molar-refractivity contribution in [2.75, 3.05) is 14.1 Å². The van der Waals surface area contributed by atoms with Crippen LogP contribution in [0.4, 0.5) is 0 Å². The van der Waals surface area contributed by atoms with E-state index in [0.29, 0.717) is 11.1 Å². The number of ketones is 4. The summed E-state index contributed by atoms with van der Waals surface area (Å²) in [5.74, 6) is 0.254. The van der Waals surface area contributed by atoms with Crippen molar-refractivity contribution in [2.24, 2.45) is 29.4 Å². The van der Waals surface area contributed by atoms with Gasteiger partial charge in [-0.05, 0) is 58.3 Å². The number of Topliss-reactive ketones (excluding diaryl/α,β-unsaturated/α-hetero) is 4. The number of hydrogen-bond acceptors (Lipinski definition) is 8. The van der Waals surface area contributed by atoms with Gasteiger partial charge in [-0.15, -0.1) is 11.8 Å². The van der Waals surface area contributed by atoms with Crippen LogP contribution in [0.25, 0.3) is 0 Å². The van der Waals surface area contributed by atoms with Gasteiger partial charge in [-0.1, -0.05) is 11.8 Å². The monoisotopic (exact) mass is 490 g/mol. The number of fused-ring (bicyclic) bond motifs is 3. The van der Waals surface area contributed by atoms with Crippen LogP contribution in [0.15, 0.2) is 6.07 Å². The Kier molecular flexibility index (Phi) is 6.12. The average molecular weight is 491 g/mol. The van der Waals surface area contributed by atoms with Crippen molar-refractivity contribution in [3.63, 3.8) is 0 Å². The predicted octanol–water partition coefficient (Wildman–Crippen LogP) is -0.390. The molecule has 0 heterocycles. The zero-order valence-corrected chi connectivity index (χ0v) is 20.3. The molecule has 0 saturated heterocycles. The third-order valence-electron chi connectivity index (χ3n) is 7.58. The molecule has 1 aromatic carbocycles. The van der Waals surface area contributed by atoms with Crippen LogP contribution >= 0.6 is 0 Å². The van der Waals surface area contributed by atoms with E-state index < -0.39 is 70.1 Å². The van der Waals surface area contributed by atoms with Gasteiger partial charge in [-0.2, -0.15) is 0 Å². The summed E-state index contributed by atoms with van der Waals surface area (Å²) in [6.07, 6.45) is 0.142. The maximum atomic E-state index is 13.8. The number of hydrogen-bond donors (Lipinski definition) is 3. The van der Waals surface area contributed by atoms with Gasteiger partial charge in [-0.25, -0.2) is 0 Å². The van der Waals surface area contributed by atoms with Crippen LogP contribution in [-0.2, 0) is 25.6 Å². The van der Waals surface area contributed by atoms with Gasteiger partial charge in [0.05, 0.1) is 23.1 Å². The first-order chi connectivity index (χ1) is 16.9. The lowest BCUT2D eigenvalue weighted by Gasteiger charge is -2.52. The van der Waals surface area contributed by atoms with E-state index in [2.05, 4.69) is 23.7 Å². The van der Waals surface area contributed by atoms with Crippen molar-refractivity contribution in [1.29, 1.82) is 0 Å². The molecule has 0 radical (unpaired) electrons. The second kappa shape index (κ2) is 8.70. The normalized spacial score (nSPS) is 30.9. The highest BCUT2D eigenvalue weighted by Gasteiger charge is 2.69. The van der Waals surface area contributed by atoms with Crippen molar-refractivity contribution >= 4 is 29.0 Å². The Morgan fingerprint density at radius 3 is 2.25 bits per heavy atom. The Labute approximate surface area is 208 Å². The highest BCUT2D eigenvalue weighted by atomic mass is 16.3. The number of rotatable bonds is 2. The van der Waals surface area contributed by atoms with Gasteiger partial charge >= 0.3 is 0 Å². The highest BCUT2D eigenvalue weighted by molar-refractivity contribution is 6.32. The van der Waals surface area contributed by atoms with Crippen LogP contribution in [0, 0.1) is 47.4 Å². The summed E-state index contributed by atoms with van der Waals surface area (Å²) < 4.78 is 0. The van der Waals surface area contributed by atoms with Crippen LogP contribution < -0.4 is 5.73 Å². The maximum absolute atomic E-state index is 13.8. The first kappa shape index (κ1) is 25.3. The van der Waals surface area contributed by atoms with Gasteiger partial charge in [0, 0.05) is 11.5 Å². The van der Waals surface area contributed by atoms with Crippen LogP contribution in [-0.4, -0.2) is 69.9 Å². The number of primary amides is 1. The van der Waals surface area contributed by atoms with Crippen molar-refractivity contribution in [1.82, 2.24) is 4.90 Å². The first-order valence-electron chi connectivity index (χ1n) is 11.5. The van der Waals surface area contributed by atoms with Gasteiger partial charge < -0.3 is 15.9 Å². The molecule has 9 heteroatoms. The molecule has 4 rings (SSSR count). The van der Waals surface area contributed by atoms with Crippen molar-refractivity contribution in [3.8, 4) is 29.4 Å². The second-order valence-corrected chi connectivity index (χ2v) is 9.71. The zero-order valence-electron chi connectivity index (χ0n) is 20.3. The predicted molar refractivity (Wildman–Crippen MR) is 126 cm³/mol. The number of phenols is 1. The topological polar surface area (TPSA) is 155 Å². The molecule has 0 bridgehead atoms. The highest BCUT2D eigenvalue weighted by Crippen LogP contribution is 2.51. The zero-order chi connectivity index (χ0) is 26.7. The number of nitrogens with two attached hydrogens (primary N) is 1. The first-order valence-corrected chi connectivity index (χ1v) is 11.5. The lowest BCUT2D eigenvalue weighted by atomic mass is 9.52. The Hall–Kier alpha value is -3.79. The van der Waals surface area contributed by atoms with E-state index in [-0.39, 0.29) is 24.0 Å². The molecule has 36 heavy (non-hydrogen) atoms. The molecular weight excluding hydrogens is 464 g/mol. The molecule has 186 valence electrons. The number of carbonyl (C=O) groups is 5. The quantitative estimate of drug-likeness (QED) is 0.374. The summed E-state index contributed by atoms with van der Waals surface area (Å²) in [4.78, 5) is 67.4. The lowest BCUT2D eigenvalue weighted by molar-refractivity contribution is -0.181. The van der Waals surface area contributed by atoms with E-state index in [4.69, 9.17) is 5.73 Å². The molecule has 4 N–H and O–H groups in total. The summed E-state index contributed by atoms with van der Waals surface area (Å²) in [5, 5.41) is 22.5. The third-order valence-corrected chi connectivity index (χ3v) is 7.58. The fourth-order valence-electron chi connectivity index (χ4n) is 6.15. The molecule has 6 unspecified atom stereocenters. The molecule has 0 aromatic heterocycles. The molecular formula is C27H26N2O7. The standard InChI is InChI=1S/C27H26N2O7/c1-5-7-12-9-13(8-6-2)21(30)18-15(12)10-14-11-16-20(29(3)4)23(32)19(26(28)35)25(34)27(16,36)24(33)17(14)22(18)31/h9,14,16-17,19-20,30,36H,10-11H2,1-4H3,(H2,28,35). The molecule has 1 aromatic rings. The smallest absolute Gasteiger partial charge is 0.235 e. The van der Waals surface area contributed by atoms with E-state index in [1.807, 2.05) is 0 Å². The largest absolute Gasteiger partial charge is 0.506 e. The van der Waals surface area contributed by atoms with Gasteiger partial charge in [0.25, 0.3) is 0 Å². The number of phenolic OH excluding ortho intramolecular Hbond substituents is 1. The van der Waals surface area contributed by atoms with Crippen molar-refractivity contribution in [3.05, 3.63) is 28.3 Å². The molecule has 6 atom stereocenters. The molecule has 3 aliphatic carbocycles. The van der Waals surface area contributed by atoms with Crippen LogP contribution in [0.2, 0.25) is 0 Å². The number of likely N-dealkylation sites (N-methyl/N-ethyl adjacent to an activating group) is 1.